The molecule has 5 aromatic rings. The third-order valence-electron chi connectivity index (χ3n) is 5.27. The number of methoxy groups -OCH3 is 1. The van der Waals surface area contributed by atoms with Crippen molar-refractivity contribution >= 4 is 17.7 Å². The van der Waals surface area contributed by atoms with Gasteiger partial charge >= 0.3 is 0 Å². The van der Waals surface area contributed by atoms with Crippen LogP contribution in [0.2, 0.25) is 0 Å². The van der Waals surface area contributed by atoms with Crippen molar-refractivity contribution in [3.05, 3.63) is 103 Å². The predicted molar refractivity (Wildman–Crippen MR) is 132 cm³/mol. The van der Waals surface area contributed by atoms with Gasteiger partial charge in [0.05, 0.1) is 18.5 Å². The Morgan fingerprint density at radius 2 is 1.74 bits per heavy atom. The summed E-state index contributed by atoms with van der Waals surface area (Å²) in [6, 6.07) is 24.7. The Balaban J connectivity index is 1.44. The molecule has 3 aromatic carbocycles. The van der Waals surface area contributed by atoms with Crippen LogP contribution in [0.5, 0.6) is 5.75 Å². The molecule has 1 N–H and O–H groups in total. The molecule has 172 valence electrons. The standard InChI is InChI=1S/C26H21N7O2/c1-35-24-13-6-5-12-23(24)26-19(17-32(29-26)21-9-3-2-4-10-21)14-15-25(34)28-20-8-7-11-22(16-20)33-18-27-30-31-33/h2-18H,1H3,(H,28,34)/b15-14+. The highest BCUT2D eigenvalue weighted by Crippen LogP contribution is 2.32. The van der Waals surface area contributed by atoms with E-state index in [-0.39, 0.29) is 5.91 Å². The molecule has 2 aromatic heterocycles. The molecular weight excluding hydrogens is 442 g/mol. The van der Waals surface area contributed by atoms with Crippen LogP contribution in [0, 0.1) is 0 Å². The smallest absolute Gasteiger partial charge is 0.248 e. The van der Waals surface area contributed by atoms with Crippen LogP contribution >= 0.6 is 0 Å². The molecule has 2 heterocycles. The number of nitrogens with one attached hydrogen (secondary N) is 1. The quantitative estimate of drug-likeness (QED) is 0.364. The van der Waals surface area contributed by atoms with Crippen molar-refractivity contribution in [2.75, 3.05) is 12.4 Å². The number of hydrogen-bond donors (Lipinski definition) is 1. The van der Waals surface area contributed by atoms with Gasteiger partial charge in [0.2, 0.25) is 5.91 Å². The molecule has 5 rings (SSSR count). The topological polar surface area (TPSA) is 99.8 Å². The van der Waals surface area contributed by atoms with Gasteiger partial charge in [-0.05, 0) is 59.0 Å². The Bertz CT molecular complexity index is 1470. The van der Waals surface area contributed by atoms with Crippen molar-refractivity contribution < 1.29 is 9.53 Å². The number of amides is 1. The van der Waals surface area contributed by atoms with Crippen LogP contribution in [0.15, 0.2) is 97.5 Å². The number of nitrogens with zero attached hydrogens (tertiary/aromatic N) is 6. The van der Waals surface area contributed by atoms with Crippen LogP contribution in [0.4, 0.5) is 5.69 Å². The maximum Gasteiger partial charge on any atom is 0.248 e. The lowest BCUT2D eigenvalue weighted by atomic mass is 10.1. The number of para-hydroxylation sites is 2. The van der Waals surface area contributed by atoms with Gasteiger partial charge in [-0.15, -0.1) is 5.10 Å². The highest BCUT2D eigenvalue weighted by Gasteiger charge is 2.14. The van der Waals surface area contributed by atoms with E-state index in [1.807, 2.05) is 72.9 Å². The summed E-state index contributed by atoms with van der Waals surface area (Å²) in [6.07, 6.45) is 6.60. The second-order valence-corrected chi connectivity index (χ2v) is 7.54. The summed E-state index contributed by atoms with van der Waals surface area (Å²) < 4.78 is 8.85. The molecule has 0 fully saturated rings. The number of tetrazole rings is 1. The number of rotatable bonds is 7. The highest BCUT2D eigenvalue weighted by atomic mass is 16.5. The molecule has 0 aliphatic rings. The fourth-order valence-electron chi connectivity index (χ4n) is 3.63. The average Bonchev–Trinajstić information content (AvgIpc) is 3.59. The van der Waals surface area contributed by atoms with Crippen molar-refractivity contribution in [3.63, 3.8) is 0 Å². The fraction of sp³-hybridized carbons (Fsp3) is 0.0385. The third kappa shape index (κ3) is 4.83. The summed E-state index contributed by atoms with van der Waals surface area (Å²) in [7, 11) is 1.62. The second-order valence-electron chi connectivity index (χ2n) is 7.54. The number of hydrogen-bond acceptors (Lipinski definition) is 6. The molecule has 0 radical (unpaired) electrons. The minimum Gasteiger partial charge on any atom is -0.496 e. The first kappa shape index (κ1) is 21.8. The van der Waals surface area contributed by atoms with E-state index in [4.69, 9.17) is 9.84 Å². The second kappa shape index (κ2) is 9.84. The van der Waals surface area contributed by atoms with E-state index in [1.165, 1.54) is 17.1 Å². The molecule has 0 unspecified atom stereocenters. The molecule has 0 saturated carbocycles. The number of aromatic nitrogens is 6. The first-order chi connectivity index (χ1) is 17.2. The number of ether oxygens (including phenoxy) is 1. The van der Waals surface area contributed by atoms with Crippen LogP contribution in [0.1, 0.15) is 5.56 Å². The lowest BCUT2D eigenvalue weighted by Gasteiger charge is -2.07. The van der Waals surface area contributed by atoms with Crippen LogP contribution in [0.3, 0.4) is 0 Å². The summed E-state index contributed by atoms with van der Waals surface area (Å²) in [4.78, 5) is 12.7. The summed E-state index contributed by atoms with van der Waals surface area (Å²) in [5.41, 5.74) is 4.58. The summed E-state index contributed by atoms with van der Waals surface area (Å²) >= 11 is 0. The van der Waals surface area contributed by atoms with Crippen molar-refractivity contribution in [1.29, 1.82) is 0 Å². The average molecular weight is 464 g/mol. The van der Waals surface area contributed by atoms with E-state index < -0.39 is 0 Å². The van der Waals surface area contributed by atoms with Gasteiger partial charge in [-0.3, -0.25) is 4.79 Å². The number of anilines is 1. The van der Waals surface area contributed by atoms with Gasteiger partial charge in [0.1, 0.15) is 17.8 Å². The van der Waals surface area contributed by atoms with Crippen molar-refractivity contribution in [2.45, 2.75) is 0 Å². The minimum atomic E-state index is -0.280. The van der Waals surface area contributed by atoms with E-state index in [0.29, 0.717) is 17.1 Å². The van der Waals surface area contributed by atoms with Gasteiger partial charge in [0, 0.05) is 29.1 Å². The lowest BCUT2D eigenvalue weighted by Crippen LogP contribution is -2.08. The third-order valence-corrected chi connectivity index (χ3v) is 5.27. The van der Waals surface area contributed by atoms with Crippen molar-refractivity contribution in [1.82, 2.24) is 30.0 Å². The maximum atomic E-state index is 12.7. The van der Waals surface area contributed by atoms with E-state index in [1.54, 1.807) is 30.0 Å². The van der Waals surface area contributed by atoms with Crippen molar-refractivity contribution in [2.24, 2.45) is 0 Å². The molecule has 0 saturated heterocycles. The van der Waals surface area contributed by atoms with Gasteiger partial charge in [-0.1, -0.05) is 36.4 Å². The molecule has 0 spiro atoms. The summed E-state index contributed by atoms with van der Waals surface area (Å²) in [5, 5.41) is 18.8. The number of carbonyl (C=O) groups is 1. The van der Waals surface area contributed by atoms with Crippen LogP contribution < -0.4 is 10.1 Å². The van der Waals surface area contributed by atoms with E-state index in [0.717, 1.165) is 22.5 Å². The van der Waals surface area contributed by atoms with Crippen molar-refractivity contribution in [3.8, 4) is 28.4 Å². The Labute approximate surface area is 201 Å². The largest absolute Gasteiger partial charge is 0.496 e. The Hall–Kier alpha value is -5.05. The maximum absolute atomic E-state index is 12.7. The molecule has 0 bridgehead atoms. The highest BCUT2D eigenvalue weighted by molar-refractivity contribution is 6.02. The summed E-state index contributed by atoms with van der Waals surface area (Å²) in [6.45, 7) is 0. The predicted octanol–water partition coefficient (Wildman–Crippen LogP) is 4.18. The number of carbonyl (C=O) groups excluding carboxylic acids is 1. The van der Waals surface area contributed by atoms with Gasteiger partial charge in [0.25, 0.3) is 0 Å². The molecular formula is C26H21N7O2. The first-order valence-corrected chi connectivity index (χ1v) is 10.8. The number of benzene rings is 3. The Kier molecular flexibility index (Phi) is 6.12. The van der Waals surface area contributed by atoms with Gasteiger partial charge in [-0.2, -0.15) is 5.10 Å². The van der Waals surface area contributed by atoms with Crippen LogP contribution in [-0.2, 0) is 4.79 Å². The van der Waals surface area contributed by atoms with Crippen LogP contribution in [0.25, 0.3) is 28.7 Å². The fourth-order valence-corrected chi connectivity index (χ4v) is 3.63. The Morgan fingerprint density at radius 1 is 0.943 bits per heavy atom. The molecule has 35 heavy (non-hydrogen) atoms. The zero-order valence-electron chi connectivity index (χ0n) is 18.8. The van der Waals surface area contributed by atoms with E-state index in [2.05, 4.69) is 20.8 Å². The molecule has 9 nitrogen and oxygen atoms in total. The van der Waals surface area contributed by atoms with Gasteiger partial charge in [-0.25, -0.2) is 9.36 Å². The molecule has 0 aliphatic carbocycles. The first-order valence-electron chi connectivity index (χ1n) is 10.8. The normalized spacial score (nSPS) is 11.0. The lowest BCUT2D eigenvalue weighted by molar-refractivity contribution is -0.111. The minimum absolute atomic E-state index is 0.280. The molecule has 0 aliphatic heterocycles. The zero-order chi connectivity index (χ0) is 24.0. The molecule has 9 heteroatoms. The molecule has 1 amide bonds. The van der Waals surface area contributed by atoms with Crippen LogP contribution in [-0.4, -0.2) is 43.0 Å². The van der Waals surface area contributed by atoms with Gasteiger partial charge < -0.3 is 10.1 Å². The Morgan fingerprint density at radius 3 is 2.54 bits per heavy atom. The zero-order valence-corrected chi connectivity index (χ0v) is 18.8. The summed E-state index contributed by atoms with van der Waals surface area (Å²) in [5.74, 6) is 0.418. The SMILES string of the molecule is COc1ccccc1-c1nn(-c2ccccc2)cc1/C=C/C(=O)Nc1cccc(-n2cnnn2)c1. The van der Waals surface area contributed by atoms with E-state index in [9.17, 15) is 4.79 Å². The molecule has 0 atom stereocenters. The van der Waals surface area contributed by atoms with Gasteiger partial charge in [0.15, 0.2) is 0 Å². The van der Waals surface area contributed by atoms with E-state index >= 15 is 0 Å². The monoisotopic (exact) mass is 463 g/mol.